The molecule has 0 spiro atoms. The van der Waals surface area contributed by atoms with Gasteiger partial charge >= 0.3 is 0 Å². The molecule has 0 aromatic rings. The molecule has 0 aromatic heterocycles. The Balaban J connectivity index is 0.000000980. The average molecular weight is 218 g/mol. The van der Waals surface area contributed by atoms with Crippen LogP contribution in [0.4, 0.5) is 0 Å². The molecule has 0 bridgehead atoms. The van der Waals surface area contributed by atoms with Gasteiger partial charge in [0.2, 0.25) is 0 Å². The Labute approximate surface area is 94.2 Å². The molecular weight excluding hydrogens is 194 g/mol. The van der Waals surface area contributed by atoms with E-state index >= 15 is 0 Å². The molecule has 0 heterocycles. The van der Waals surface area contributed by atoms with Crippen LogP contribution < -0.4 is 5.73 Å². The van der Waals surface area contributed by atoms with Crippen LogP contribution in [0.25, 0.3) is 0 Å². The lowest BCUT2D eigenvalue weighted by molar-refractivity contribution is 0.236. The topological polar surface area (TPSA) is 26.0 Å². The van der Waals surface area contributed by atoms with Crippen LogP contribution in [-0.4, -0.2) is 6.04 Å². The minimum atomic E-state index is 0. The molecule has 0 amide bonds. The van der Waals surface area contributed by atoms with Gasteiger partial charge in [-0.1, -0.05) is 12.8 Å². The van der Waals surface area contributed by atoms with Crippen LogP contribution in [0.15, 0.2) is 0 Å². The third-order valence-corrected chi connectivity index (χ3v) is 3.89. The fourth-order valence-corrected chi connectivity index (χ4v) is 2.99. The Morgan fingerprint density at radius 1 is 1.00 bits per heavy atom. The Kier molecular flexibility index (Phi) is 4.72. The standard InChI is InChI=1S/C12H23N.ClH/c1-9(13)8-10-2-4-11(5-3-10)12-6-7-12;/h9-12H,2-8,13H2,1H3;1H. The van der Waals surface area contributed by atoms with Crippen LogP contribution >= 0.6 is 12.4 Å². The smallest absolute Gasteiger partial charge is 0.00131 e. The minimum absolute atomic E-state index is 0. The first-order chi connectivity index (χ1) is 6.25. The Morgan fingerprint density at radius 3 is 1.79 bits per heavy atom. The highest BCUT2D eigenvalue weighted by Gasteiger charge is 2.33. The van der Waals surface area contributed by atoms with Gasteiger partial charge in [0, 0.05) is 6.04 Å². The van der Waals surface area contributed by atoms with Crippen LogP contribution in [0, 0.1) is 17.8 Å². The average Bonchev–Trinajstić information content (AvgIpc) is 2.87. The van der Waals surface area contributed by atoms with Gasteiger partial charge in [0.25, 0.3) is 0 Å². The lowest BCUT2D eigenvalue weighted by Crippen LogP contribution is -2.23. The van der Waals surface area contributed by atoms with Crippen molar-refractivity contribution in [2.75, 3.05) is 0 Å². The van der Waals surface area contributed by atoms with Gasteiger partial charge in [-0.15, -0.1) is 12.4 Å². The van der Waals surface area contributed by atoms with Gasteiger partial charge in [-0.2, -0.15) is 0 Å². The molecule has 2 saturated carbocycles. The summed E-state index contributed by atoms with van der Waals surface area (Å²) in [6.07, 6.45) is 10.2. The maximum absolute atomic E-state index is 5.83. The highest BCUT2D eigenvalue weighted by atomic mass is 35.5. The molecule has 1 nitrogen and oxygen atoms in total. The van der Waals surface area contributed by atoms with Crippen molar-refractivity contribution in [3.05, 3.63) is 0 Å². The quantitative estimate of drug-likeness (QED) is 0.771. The molecule has 14 heavy (non-hydrogen) atoms. The van der Waals surface area contributed by atoms with E-state index in [-0.39, 0.29) is 12.4 Å². The van der Waals surface area contributed by atoms with Crippen LogP contribution in [0.1, 0.15) is 51.9 Å². The van der Waals surface area contributed by atoms with Crippen molar-refractivity contribution in [1.29, 1.82) is 0 Å². The van der Waals surface area contributed by atoms with Gasteiger partial charge in [0.15, 0.2) is 0 Å². The predicted molar refractivity (Wildman–Crippen MR) is 63.7 cm³/mol. The fraction of sp³-hybridized carbons (Fsp3) is 1.00. The van der Waals surface area contributed by atoms with Crippen molar-refractivity contribution >= 4 is 12.4 Å². The maximum atomic E-state index is 5.83. The van der Waals surface area contributed by atoms with Crippen molar-refractivity contribution < 1.29 is 0 Å². The van der Waals surface area contributed by atoms with Crippen molar-refractivity contribution in [3.63, 3.8) is 0 Å². The minimum Gasteiger partial charge on any atom is -0.328 e. The Morgan fingerprint density at radius 2 is 1.43 bits per heavy atom. The molecule has 1 atom stereocenters. The zero-order valence-corrected chi connectivity index (χ0v) is 10.1. The van der Waals surface area contributed by atoms with Crippen LogP contribution in [0.3, 0.4) is 0 Å². The first-order valence-corrected chi connectivity index (χ1v) is 6.01. The molecular formula is C12H24ClN. The summed E-state index contributed by atoms with van der Waals surface area (Å²) in [7, 11) is 0. The van der Waals surface area contributed by atoms with E-state index < -0.39 is 0 Å². The molecule has 1 unspecified atom stereocenters. The lowest BCUT2D eigenvalue weighted by Gasteiger charge is -2.29. The summed E-state index contributed by atoms with van der Waals surface area (Å²) in [5, 5.41) is 0. The predicted octanol–water partition coefficient (Wildman–Crippen LogP) is 3.36. The molecule has 2 heteroatoms. The van der Waals surface area contributed by atoms with Crippen LogP contribution in [-0.2, 0) is 0 Å². The second-order valence-corrected chi connectivity index (χ2v) is 5.33. The number of rotatable bonds is 3. The Bertz CT molecular complexity index is 158. The first kappa shape index (κ1) is 12.3. The third kappa shape index (κ3) is 3.43. The second-order valence-electron chi connectivity index (χ2n) is 5.33. The second kappa shape index (κ2) is 5.37. The van der Waals surface area contributed by atoms with E-state index in [1.165, 1.54) is 44.9 Å². The largest absolute Gasteiger partial charge is 0.328 e. The zero-order chi connectivity index (χ0) is 9.26. The van der Waals surface area contributed by atoms with Crippen molar-refractivity contribution in [2.45, 2.75) is 57.9 Å². The van der Waals surface area contributed by atoms with E-state index in [9.17, 15) is 0 Å². The first-order valence-electron chi connectivity index (χ1n) is 6.01. The van der Waals surface area contributed by atoms with Crippen molar-refractivity contribution in [1.82, 2.24) is 0 Å². The summed E-state index contributed by atoms with van der Waals surface area (Å²) >= 11 is 0. The summed E-state index contributed by atoms with van der Waals surface area (Å²) in [4.78, 5) is 0. The van der Waals surface area contributed by atoms with E-state index in [0.717, 1.165) is 17.8 Å². The molecule has 2 rings (SSSR count). The van der Waals surface area contributed by atoms with Crippen LogP contribution in [0.2, 0.25) is 0 Å². The molecule has 2 aliphatic carbocycles. The van der Waals surface area contributed by atoms with E-state index in [0.29, 0.717) is 6.04 Å². The SMILES string of the molecule is CC(N)CC1CCC(C2CC2)CC1.Cl. The highest BCUT2D eigenvalue weighted by molar-refractivity contribution is 5.85. The number of hydrogen-bond acceptors (Lipinski definition) is 1. The number of nitrogens with two attached hydrogens (primary N) is 1. The maximum Gasteiger partial charge on any atom is 0.00131 e. The fourth-order valence-electron chi connectivity index (χ4n) is 2.99. The number of hydrogen-bond donors (Lipinski definition) is 1. The molecule has 2 aliphatic rings. The normalized spacial score (nSPS) is 34.7. The van der Waals surface area contributed by atoms with Crippen LogP contribution in [0.5, 0.6) is 0 Å². The highest BCUT2D eigenvalue weighted by Crippen LogP contribution is 2.45. The van der Waals surface area contributed by atoms with Gasteiger partial charge in [-0.3, -0.25) is 0 Å². The van der Waals surface area contributed by atoms with Gasteiger partial charge in [-0.25, -0.2) is 0 Å². The van der Waals surface area contributed by atoms with Gasteiger partial charge in [0.1, 0.15) is 0 Å². The summed E-state index contributed by atoms with van der Waals surface area (Å²) < 4.78 is 0. The molecule has 0 saturated heterocycles. The van der Waals surface area contributed by atoms with E-state index in [4.69, 9.17) is 5.73 Å². The summed E-state index contributed by atoms with van der Waals surface area (Å²) in [6, 6.07) is 0.419. The third-order valence-electron chi connectivity index (χ3n) is 3.89. The molecule has 0 aromatic carbocycles. The van der Waals surface area contributed by atoms with Gasteiger partial charge in [-0.05, 0) is 56.8 Å². The molecule has 84 valence electrons. The van der Waals surface area contributed by atoms with E-state index in [2.05, 4.69) is 6.92 Å². The van der Waals surface area contributed by atoms with Gasteiger partial charge in [0.05, 0.1) is 0 Å². The number of halogens is 1. The monoisotopic (exact) mass is 217 g/mol. The van der Waals surface area contributed by atoms with Crippen molar-refractivity contribution in [3.8, 4) is 0 Å². The zero-order valence-electron chi connectivity index (χ0n) is 9.24. The molecule has 2 N–H and O–H groups in total. The summed E-state index contributed by atoms with van der Waals surface area (Å²) in [5.41, 5.74) is 5.83. The van der Waals surface area contributed by atoms with E-state index in [1.807, 2.05) is 0 Å². The molecule has 2 fully saturated rings. The van der Waals surface area contributed by atoms with Crippen molar-refractivity contribution in [2.24, 2.45) is 23.5 Å². The Hall–Kier alpha value is 0.250. The summed E-state index contributed by atoms with van der Waals surface area (Å²) in [6.45, 7) is 2.15. The van der Waals surface area contributed by atoms with Gasteiger partial charge < -0.3 is 5.73 Å². The lowest BCUT2D eigenvalue weighted by atomic mass is 9.77. The summed E-state index contributed by atoms with van der Waals surface area (Å²) in [5.74, 6) is 3.19. The molecule has 0 aliphatic heterocycles. The molecule has 0 radical (unpaired) electrons. The van der Waals surface area contributed by atoms with E-state index in [1.54, 1.807) is 0 Å².